The summed E-state index contributed by atoms with van der Waals surface area (Å²) in [6.45, 7) is 1.58. The van der Waals surface area contributed by atoms with E-state index < -0.39 is 41.0 Å². The number of hydrazine groups is 2. The zero-order valence-electron chi connectivity index (χ0n) is 23.8. The van der Waals surface area contributed by atoms with Crippen molar-refractivity contribution in [3.63, 3.8) is 0 Å². The molecular formula is C29H20ClF5N9O3. The maximum Gasteiger partial charge on any atom is 0.433 e. The number of rotatable bonds is 8. The number of benzene rings is 2. The van der Waals surface area contributed by atoms with Crippen LogP contribution < -0.4 is 26.4 Å². The second-order valence-corrected chi connectivity index (χ2v) is 10.6. The van der Waals surface area contributed by atoms with Gasteiger partial charge in [0.15, 0.2) is 17.7 Å². The molecule has 2 aromatic carbocycles. The predicted molar refractivity (Wildman–Crippen MR) is 155 cm³/mol. The molecule has 1 aliphatic heterocycles. The van der Waals surface area contributed by atoms with Gasteiger partial charge in [-0.3, -0.25) is 25.6 Å². The van der Waals surface area contributed by atoms with Crippen LogP contribution in [0.2, 0.25) is 5.02 Å². The van der Waals surface area contributed by atoms with E-state index in [9.17, 15) is 27.6 Å². The summed E-state index contributed by atoms with van der Waals surface area (Å²) in [4.78, 5) is 11.3. The maximum absolute atomic E-state index is 15.5. The number of nitrogens with one attached hydrogen (secondary N) is 3. The molecule has 0 saturated heterocycles. The van der Waals surface area contributed by atoms with E-state index >= 15 is 4.39 Å². The lowest BCUT2D eigenvalue weighted by atomic mass is 10.0. The molecule has 0 aliphatic carbocycles. The van der Waals surface area contributed by atoms with Crippen LogP contribution in [0, 0.1) is 23.8 Å². The number of aromatic nitrogens is 5. The molecule has 0 fully saturated rings. The fourth-order valence-electron chi connectivity index (χ4n) is 4.96. The molecule has 12 nitrogen and oxygen atoms in total. The van der Waals surface area contributed by atoms with Crippen LogP contribution in [0.3, 0.4) is 0 Å². The van der Waals surface area contributed by atoms with Crippen molar-refractivity contribution in [3.05, 3.63) is 118 Å². The maximum atomic E-state index is 15.5. The highest BCUT2D eigenvalue weighted by Crippen LogP contribution is 2.38. The van der Waals surface area contributed by atoms with Crippen LogP contribution in [-0.2, 0) is 6.42 Å². The number of pyridine rings is 1. The molecular weight excluding hydrogens is 653 g/mol. The summed E-state index contributed by atoms with van der Waals surface area (Å²) >= 11 is 6.03. The summed E-state index contributed by atoms with van der Waals surface area (Å²) in [6, 6.07) is 8.02. The van der Waals surface area contributed by atoms with Crippen molar-refractivity contribution in [2.45, 2.75) is 25.6 Å². The van der Waals surface area contributed by atoms with Crippen molar-refractivity contribution in [2.24, 2.45) is 0 Å². The number of anilines is 1. The molecule has 1 unspecified atom stereocenters. The Morgan fingerprint density at radius 3 is 2.53 bits per heavy atom. The second-order valence-electron chi connectivity index (χ2n) is 10.2. The molecule has 0 bridgehead atoms. The van der Waals surface area contributed by atoms with Crippen molar-refractivity contribution >= 4 is 23.2 Å². The zero-order chi connectivity index (χ0) is 33.6. The summed E-state index contributed by atoms with van der Waals surface area (Å²) < 4.78 is 77.1. The third-order valence-electron chi connectivity index (χ3n) is 7.19. The van der Waals surface area contributed by atoms with E-state index in [1.54, 1.807) is 6.92 Å². The van der Waals surface area contributed by atoms with Crippen LogP contribution in [-0.4, -0.2) is 32.1 Å². The normalized spacial score (nSPS) is 13.9. The Bertz CT molecular complexity index is 2050. The minimum absolute atomic E-state index is 0.0116. The number of carbonyl (C=O) groups excluding carboxylic acids is 1. The lowest BCUT2D eigenvalue weighted by molar-refractivity contribution is -0.615. The minimum Gasteiger partial charge on any atom is -0.618 e. The van der Waals surface area contributed by atoms with Gasteiger partial charge in [0.2, 0.25) is 17.5 Å². The lowest BCUT2D eigenvalue weighted by Crippen LogP contribution is -2.39. The number of allylic oxidation sites excluding steroid dienone is 1. The van der Waals surface area contributed by atoms with E-state index in [0.717, 1.165) is 17.3 Å². The SMILES string of the molecule is Cc1nnc(CC(c2ccc(-c3c(N4C=C(C(F)(F)F)NN4)ccc(Cl)c3F)c[n+]2[O-])n2cc(-c3ccc(C([NH])=O)c(F)c3)cn2)o1. The third-order valence-corrected chi connectivity index (χ3v) is 7.48. The molecule has 6 rings (SSSR count). The minimum atomic E-state index is -4.72. The number of amides is 1. The van der Waals surface area contributed by atoms with Gasteiger partial charge in [-0.05, 0) is 35.9 Å². The molecule has 18 heteroatoms. The summed E-state index contributed by atoms with van der Waals surface area (Å²) in [7, 11) is 0. The van der Waals surface area contributed by atoms with Crippen LogP contribution in [0.15, 0.2) is 77.4 Å². The molecule has 1 radical (unpaired) electrons. The highest BCUT2D eigenvalue weighted by Gasteiger charge is 2.38. The molecule has 5 aromatic rings. The first kappa shape index (κ1) is 31.4. The fraction of sp³-hybridized carbons (Fsp3) is 0.138. The van der Waals surface area contributed by atoms with Crippen LogP contribution in [0.4, 0.5) is 27.6 Å². The van der Waals surface area contributed by atoms with E-state index in [1.807, 2.05) is 5.43 Å². The first-order valence-corrected chi connectivity index (χ1v) is 13.9. The first-order valence-electron chi connectivity index (χ1n) is 13.5. The highest BCUT2D eigenvalue weighted by molar-refractivity contribution is 6.31. The molecule has 1 atom stereocenters. The van der Waals surface area contributed by atoms with Gasteiger partial charge in [-0.1, -0.05) is 17.7 Å². The Balaban J connectivity index is 1.40. The van der Waals surface area contributed by atoms with E-state index in [4.69, 9.17) is 21.8 Å². The van der Waals surface area contributed by atoms with Gasteiger partial charge < -0.3 is 9.62 Å². The number of nitrogens with zero attached hydrogens (tertiary/aromatic N) is 6. The Morgan fingerprint density at radius 2 is 1.89 bits per heavy atom. The number of aryl methyl sites for hydroxylation is 1. The first-order chi connectivity index (χ1) is 22.3. The monoisotopic (exact) mass is 672 g/mol. The van der Waals surface area contributed by atoms with Gasteiger partial charge in [0.1, 0.15) is 11.9 Å². The third kappa shape index (κ3) is 6.17. The molecule has 0 spiro atoms. The van der Waals surface area contributed by atoms with Gasteiger partial charge in [0.05, 0.1) is 46.2 Å². The van der Waals surface area contributed by atoms with Crippen LogP contribution in [0.1, 0.15) is 33.9 Å². The van der Waals surface area contributed by atoms with Crippen LogP contribution in [0.25, 0.3) is 22.3 Å². The molecule has 4 heterocycles. The molecule has 241 valence electrons. The summed E-state index contributed by atoms with van der Waals surface area (Å²) in [5.74, 6) is -2.63. The van der Waals surface area contributed by atoms with Gasteiger partial charge >= 0.3 is 6.18 Å². The van der Waals surface area contributed by atoms with Crippen LogP contribution in [0.5, 0.6) is 0 Å². The number of hydrogen-bond acceptors (Lipinski definition) is 9. The van der Waals surface area contributed by atoms with Crippen molar-refractivity contribution < 1.29 is 35.9 Å². The standard InChI is InChI=1S/C29H20ClF5N9O3/c1-14-38-40-25(47-14)9-23(42-11-17(10-37-42)15-2-4-18(28(36)45)20(31)8-15)21-6-3-16(12-44(21)46)26-22(7-5-19(30)27(26)32)43-13-24(39-41-43)29(33,34)35/h2-8,10-13,23,36,39,41H,9H2,1H3. The molecule has 3 N–H and O–H groups in total. The average molecular weight is 673 g/mol. The number of alkyl halides is 3. The van der Waals surface area contributed by atoms with Crippen molar-refractivity contribution in [2.75, 3.05) is 5.01 Å². The topological polar surface area (TPSA) is 152 Å². The second kappa shape index (κ2) is 12.0. The Hall–Kier alpha value is -5.55. The van der Waals surface area contributed by atoms with Gasteiger partial charge in [-0.2, -0.15) is 23.0 Å². The van der Waals surface area contributed by atoms with Crippen molar-refractivity contribution in [1.29, 1.82) is 0 Å². The van der Waals surface area contributed by atoms with Gasteiger partial charge in [-0.25, -0.2) is 8.78 Å². The Labute approximate surface area is 266 Å². The van der Waals surface area contributed by atoms with Crippen molar-refractivity contribution in [3.8, 4) is 22.3 Å². The summed E-state index contributed by atoms with van der Waals surface area (Å²) in [6.07, 6.45) is -0.107. The Morgan fingerprint density at radius 1 is 1.13 bits per heavy atom. The number of halogens is 6. The summed E-state index contributed by atoms with van der Waals surface area (Å²) in [5, 5.41) is 26.3. The molecule has 0 saturated carbocycles. The van der Waals surface area contributed by atoms with E-state index in [1.165, 1.54) is 53.5 Å². The average Bonchev–Trinajstić information content (AvgIpc) is 3.79. The zero-order valence-corrected chi connectivity index (χ0v) is 24.6. The molecule has 47 heavy (non-hydrogen) atoms. The fourth-order valence-corrected chi connectivity index (χ4v) is 5.11. The van der Waals surface area contributed by atoms with E-state index in [0.29, 0.717) is 22.1 Å². The predicted octanol–water partition coefficient (Wildman–Crippen LogP) is 4.96. The van der Waals surface area contributed by atoms with Crippen LogP contribution >= 0.6 is 11.6 Å². The van der Waals surface area contributed by atoms with E-state index in [-0.39, 0.29) is 45.7 Å². The van der Waals surface area contributed by atoms with Gasteiger partial charge in [-0.15, -0.1) is 15.7 Å². The largest absolute Gasteiger partial charge is 0.618 e. The summed E-state index contributed by atoms with van der Waals surface area (Å²) in [5.41, 5.74) is 10.4. The quantitative estimate of drug-likeness (QED) is 0.132. The van der Waals surface area contributed by atoms with Crippen molar-refractivity contribution in [1.82, 2.24) is 36.7 Å². The molecule has 1 aliphatic rings. The highest BCUT2D eigenvalue weighted by atomic mass is 35.5. The van der Waals surface area contributed by atoms with Gasteiger partial charge in [0, 0.05) is 24.8 Å². The Kier molecular flexibility index (Phi) is 8.02. The molecule has 1 amide bonds. The molecule has 3 aromatic heterocycles. The number of hydrogen-bond donors (Lipinski definition) is 2. The van der Waals surface area contributed by atoms with E-state index in [2.05, 4.69) is 20.8 Å². The smallest absolute Gasteiger partial charge is 0.433 e. The number of carbonyl (C=O) groups is 1. The lowest BCUT2D eigenvalue weighted by Gasteiger charge is -2.21. The van der Waals surface area contributed by atoms with Gasteiger partial charge in [0.25, 0.3) is 5.91 Å².